The van der Waals surface area contributed by atoms with Gasteiger partial charge in [-0.15, -0.1) is 0 Å². The molecule has 1 N–H and O–H groups in total. The van der Waals surface area contributed by atoms with Gasteiger partial charge in [0.1, 0.15) is 6.10 Å². The van der Waals surface area contributed by atoms with Gasteiger partial charge >= 0.3 is 11.9 Å². The van der Waals surface area contributed by atoms with Crippen LogP contribution in [0.1, 0.15) is 40.0 Å². The van der Waals surface area contributed by atoms with Crippen LogP contribution in [0.4, 0.5) is 0 Å². The summed E-state index contributed by atoms with van der Waals surface area (Å²) in [5.41, 5.74) is 3.17. The van der Waals surface area contributed by atoms with E-state index in [-0.39, 0.29) is 30.3 Å². The van der Waals surface area contributed by atoms with E-state index >= 15 is 0 Å². The summed E-state index contributed by atoms with van der Waals surface area (Å²) in [6.07, 6.45) is 3.46. The Morgan fingerprint density at radius 2 is 2.21 bits per heavy atom. The first-order valence-corrected chi connectivity index (χ1v) is 6.71. The van der Waals surface area contributed by atoms with Crippen molar-refractivity contribution in [2.24, 2.45) is 11.8 Å². The number of carboxylic acids is 1. The van der Waals surface area contributed by atoms with E-state index in [1.165, 1.54) is 5.57 Å². The molecule has 0 aromatic heterocycles. The highest BCUT2D eigenvalue weighted by atomic mass is 16.6. The Kier molecular flexibility index (Phi) is 3.78. The molecule has 0 radical (unpaired) electrons. The van der Waals surface area contributed by atoms with Crippen LogP contribution in [0, 0.1) is 11.8 Å². The highest BCUT2D eigenvalue weighted by molar-refractivity contribution is 5.76. The van der Waals surface area contributed by atoms with E-state index in [9.17, 15) is 9.59 Å². The van der Waals surface area contributed by atoms with Crippen molar-refractivity contribution in [1.82, 2.24) is 0 Å². The quantitative estimate of drug-likeness (QED) is 0.796. The van der Waals surface area contributed by atoms with Crippen LogP contribution in [0.3, 0.4) is 0 Å². The van der Waals surface area contributed by atoms with Gasteiger partial charge in [-0.3, -0.25) is 9.59 Å². The normalized spacial score (nSPS) is 31.2. The van der Waals surface area contributed by atoms with Gasteiger partial charge in [0.2, 0.25) is 0 Å². The molecule has 4 nitrogen and oxygen atoms in total. The maximum Gasteiger partial charge on any atom is 0.309 e. The lowest BCUT2D eigenvalue weighted by molar-refractivity contribution is -0.143. The first-order chi connectivity index (χ1) is 8.91. The third-order valence-electron chi connectivity index (χ3n) is 4.25. The average Bonchev–Trinajstić information content (AvgIpc) is 2.62. The Balaban J connectivity index is 2.29. The summed E-state index contributed by atoms with van der Waals surface area (Å²) in [5.74, 6) is -0.797. The number of rotatable bonds is 3. The van der Waals surface area contributed by atoms with Gasteiger partial charge in [0.25, 0.3) is 0 Å². The number of ether oxygens (including phenoxy) is 1. The summed E-state index contributed by atoms with van der Waals surface area (Å²) in [4.78, 5) is 22.4. The molecule has 0 bridgehead atoms. The predicted molar refractivity (Wildman–Crippen MR) is 70.5 cm³/mol. The zero-order valence-corrected chi connectivity index (χ0v) is 11.6. The molecule has 0 saturated carbocycles. The monoisotopic (exact) mass is 264 g/mol. The molecular weight excluding hydrogens is 244 g/mol. The summed E-state index contributed by atoms with van der Waals surface area (Å²) in [6, 6.07) is 0. The lowest BCUT2D eigenvalue weighted by Gasteiger charge is -2.29. The molecule has 104 valence electrons. The summed E-state index contributed by atoms with van der Waals surface area (Å²) in [7, 11) is 0. The van der Waals surface area contributed by atoms with Gasteiger partial charge in [0.05, 0.1) is 12.3 Å². The maximum absolute atomic E-state index is 11.7. The Hall–Kier alpha value is -1.58. The first kappa shape index (κ1) is 13.8. The van der Waals surface area contributed by atoms with Crippen molar-refractivity contribution < 1.29 is 19.4 Å². The Labute approximate surface area is 113 Å². The number of aliphatic carboxylic acids is 1. The van der Waals surface area contributed by atoms with Gasteiger partial charge in [-0.25, -0.2) is 0 Å². The number of allylic oxidation sites excluding steroid dienone is 1. The van der Waals surface area contributed by atoms with E-state index in [4.69, 9.17) is 9.84 Å². The minimum Gasteiger partial charge on any atom is -0.481 e. The summed E-state index contributed by atoms with van der Waals surface area (Å²) in [6.45, 7) is 5.86. The molecular formula is C15H20O4. The number of esters is 1. The van der Waals surface area contributed by atoms with Crippen LogP contribution in [0.15, 0.2) is 22.8 Å². The van der Waals surface area contributed by atoms with E-state index in [1.54, 1.807) is 6.08 Å². The van der Waals surface area contributed by atoms with Gasteiger partial charge in [-0.1, -0.05) is 18.6 Å². The standard InChI is InChI=1S/C15H20O4/c1-8-4-6-11-10(3)15(18)19-14(11)13(8)9(2)5-7-12(16)17/h5,10-11,14H,4,6-7H2,1-3H3,(H,16,17)/b9-5+/t10-,11-,14-/m0/s1. The zero-order chi connectivity index (χ0) is 14.2. The van der Waals surface area contributed by atoms with E-state index in [0.717, 1.165) is 24.0 Å². The molecule has 0 amide bonds. The van der Waals surface area contributed by atoms with Gasteiger partial charge in [0, 0.05) is 5.92 Å². The molecule has 4 heteroatoms. The minimum absolute atomic E-state index is 0.00347. The second-order valence-electron chi connectivity index (χ2n) is 5.53. The molecule has 0 spiro atoms. The van der Waals surface area contributed by atoms with Crippen molar-refractivity contribution in [3.05, 3.63) is 22.8 Å². The van der Waals surface area contributed by atoms with Crippen molar-refractivity contribution >= 4 is 11.9 Å². The van der Waals surface area contributed by atoms with Gasteiger partial charge in [-0.2, -0.15) is 0 Å². The summed E-state index contributed by atoms with van der Waals surface area (Å²) >= 11 is 0. The fourth-order valence-corrected chi connectivity index (χ4v) is 3.10. The Morgan fingerprint density at radius 3 is 2.84 bits per heavy atom. The van der Waals surface area contributed by atoms with Crippen molar-refractivity contribution in [1.29, 1.82) is 0 Å². The SMILES string of the molecule is CC1=C(/C(C)=C/CC(=O)O)[C@H]2OC(=O)[C@@H](C)[C@@H]2CC1. The van der Waals surface area contributed by atoms with Crippen LogP contribution in [-0.4, -0.2) is 23.1 Å². The molecule has 1 aliphatic carbocycles. The smallest absolute Gasteiger partial charge is 0.309 e. The van der Waals surface area contributed by atoms with Crippen molar-refractivity contribution in [3.63, 3.8) is 0 Å². The number of carboxylic acid groups (broad SMARTS) is 1. The molecule has 1 fully saturated rings. The molecule has 19 heavy (non-hydrogen) atoms. The van der Waals surface area contributed by atoms with Crippen LogP contribution in [0.2, 0.25) is 0 Å². The Morgan fingerprint density at radius 1 is 1.53 bits per heavy atom. The largest absolute Gasteiger partial charge is 0.481 e. The number of hydrogen-bond acceptors (Lipinski definition) is 3. The van der Waals surface area contributed by atoms with Crippen LogP contribution in [0.5, 0.6) is 0 Å². The van der Waals surface area contributed by atoms with Crippen LogP contribution in [-0.2, 0) is 14.3 Å². The molecule has 0 aromatic carbocycles. The second kappa shape index (κ2) is 5.19. The predicted octanol–water partition coefficient (Wildman–Crippen LogP) is 2.70. The van der Waals surface area contributed by atoms with E-state index in [0.29, 0.717) is 0 Å². The third-order valence-corrected chi connectivity index (χ3v) is 4.25. The van der Waals surface area contributed by atoms with Gasteiger partial charge < -0.3 is 9.84 Å². The lowest BCUT2D eigenvalue weighted by Crippen LogP contribution is -2.27. The highest BCUT2D eigenvalue weighted by Gasteiger charge is 2.45. The van der Waals surface area contributed by atoms with Crippen molar-refractivity contribution in [2.75, 3.05) is 0 Å². The summed E-state index contributed by atoms with van der Waals surface area (Å²) < 4.78 is 5.50. The fraction of sp³-hybridized carbons (Fsp3) is 0.600. The molecule has 0 aromatic rings. The highest BCUT2D eigenvalue weighted by Crippen LogP contribution is 2.43. The van der Waals surface area contributed by atoms with E-state index in [2.05, 4.69) is 0 Å². The third kappa shape index (κ3) is 2.57. The number of hydrogen-bond donors (Lipinski definition) is 1. The first-order valence-electron chi connectivity index (χ1n) is 6.71. The molecule has 3 atom stereocenters. The van der Waals surface area contributed by atoms with E-state index < -0.39 is 5.97 Å². The lowest BCUT2D eigenvalue weighted by atomic mass is 9.75. The average molecular weight is 264 g/mol. The summed E-state index contributed by atoms with van der Waals surface area (Å²) in [5, 5.41) is 8.75. The van der Waals surface area contributed by atoms with Gasteiger partial charge in [-0.05, 0) is 37.8 Å². The van der Waals surface area contributed by atoms with Gasteiger partial charge in [0.15, 0.2) is 0 Å². The fourth-order valence-electron chi connectivity index (χ4n) is 3.10. The molecule has 1 saturated heterocycles. The number of carbonyl (C=O) groups excluding carboxylic acids is 1. The minimum atomic E-state index is -0.846. The Bertz CT molecular complexity index is 473. The topological polar surface area (TPSA) is 63.6 Å². The number of fused-ring (bicyclic) bond motifs is 1. The maximum atomic E-state index is 11.7. The molecule has 1 aliphatic heterocycles. The second-order valence-corrected chi connectivity index (χ2v) is 5.53. The molecule has 1 heterocycles. The zero-order valence-electron chi connectivity index (χ0n) is 11.6. The van der Waals surface area contributed by atoms with Crippen molar-refractivity contribution in [2.45, 2.75) is 46.1 Å². The number of carbonyl (C=O) groups is 2. The van der Waals surface area contributed by atoms with Crippen LogP contribution >= 0.6 is 0 Å². The van der Waals surface area contributed by atoms with Crippen molar-refractivity contribution in [3.8, 4) is 0 Å². The molecule has 2 aliphatic rings. The van der Waals surface area contributed by atoms with Crippen LogP contribution in [0.25, 0.3) is 0 Å². The van der Waals surface area contributed by atoms with E-state index in [1.807, 2.05) is 20.8 Å². The van der Waals surface area contributed by atoms with Crippen LogP contribution < -0.4 is 0 Å². The molecule has 2 rings (SSSR count). The molecule has 0 unspecified atom stereocenters.